The summed E-state index contributed by atoms with van der Waals surface area (Å²) in [5, 5.41) is 0. The number of hydrogen-bond acceptors (Lipinski definition) is 3. The standard InChI is InChI=1S/C11H13BrO2S/c1-3-14-8-5-4-6-9(15)10(8)11(12)7(2)13/h4-6,11,15H,3H2,1-2H3. The zero-order chi connectivity index (χ0) is 11.4. The van der Waals surface area contributed by atoms with Crippen LogP contribution in [0.1, 0.15) is 24.2 Å². The molecule has 1 unspecified atom stereocenters. The average molecular weight is 289 g/mol. The number of carbonyl (C=O) groups excluding carboxylic acids is 1. The monoisotopic (exact) mass is 288 g/mol. The summed E-state index contributed by atoms with van der Waals surface area (Å²) >= 11 is 7.68. The number of thiol groups is 1. The molecule has 0 heterocycles. The van der Waals surface area contributed by atoms with Crippen molar-refractivity contribution < 1.29 is 9.53 Å². The van der Waals surface area contributed by atoms with Crippen LogP contribution in [0.2, 0.25) is 0 Å². The van der Waals surface area contributed by atoms with E-state index in [1.807, 2.05) is 25.1 Å². The third kappa shape index (κ3) is 2.98. The number of Topliss-reactive ketones (excluding diaryl/α,β-unsaturated/α-hetero) is 1. The van der Waals surface area contributed by atoms with Crippen molar-refractivity contribution in [1.82, 2.24) is 0 Å². The Morgan fingerprint density at radius 2 is 2.27 bits per heavy atom. The molecule has 0 spiro atoms. The van der Waals surface area contributed by atoms with Crippen LogP contribution in [0.3, 0.4) is 0 Å². The minimum atomic E-state index is -0.354. The summed E-state index contributed by atoms with van der Waals surface area (Å²) in [5.41, 5.74) is 0.801. The van der Waals surface area contributed by atoms with Crippen molar-refractivity contribution in [3.05, 3.63) is 23.8 Å². The molecule has 0 fully saturated rings. The smallest absolute Gasteiger partial charge is 0.148 e. The molecule has 0 aliphatic rings. The van der Waals surface area contributed by atoms with Gasteiger partial charge in [0.2, 0.25) is 0 Å². The average Bonchev–Trinajstić information content (AvgIpc) is 2.17. The SMILES string of the molecule is CCOc1cccc(S)c1C(Br)C(C)=O. The molecule has 1 aromatic rings. The van der Waals surface area contributed by atoms with Gasteiger partial charge in [0.05, 0.1) is 6.61 Å². The summed E-state index contributed by atoms with van der Waals surface area (Å²) < 4.78 is 5.46. The number of carbonyl (C=O) groups is 1. The van der Waals surface area contributed by atoms with Gasteiger partial charge in [-0.1, -0.05) is 22.0 Å². The van der Waals surface area contributed by atoms with Crippen LogP contribution in [0.4, 0.5) is 0 Å². The van der Waals surface area contributed by atoms with E-state index in [9.17, 15) is 4.79 Å². The highest BCUT2D eigenvalue weighted by Crippen LogP contribution is 2.36. The quantitative estimate of drug-likeness (QED) is 0.679. The van der Waals surface area contributed by atoms with E-state index in [2.05, 4.69) is 28.6 Å². The first-order chi connectivity index (χ1) is 7.07. The first kappa shape index (κ1) is 12.6. The van der Waals surface area contributed by atoms with Crippen molar-refractivity contribution in [3.8, 4) is 5.75 Å². The van der Waals surface area contributed by atoms with Gasteiger partial charge in [0, 0.05) is 10.5 Å². The summed E-state index contributed by atoms with van der Waals surface area (Å²) in [7, 11) is 0. The molecule has 0 aliphatic heterocycles. The number of rotatable bonds is 4. The Bertz CT molecular complexity index is 366. The maximum absolute atomic E-state index is 11.3. The van der Waals surface area contributed by atoms with Crippen molar-refractivity contribution in [1.29, 1.82) is 0 Å². The third-order valence-corrected chi connectivity index (χ3v) is 3.45. The van der Waals surface area contributed by atoms with E-state index < -0.39 is 0 Å². The number of alkyl halides is 1. The van der Waals surface area contributed by atoms with E-state index in [4.69, 9.17) is 4.74 Å². The highest BCUT2D eigenvalue weighted by atomic mass is 79.9. The van der Waals surface area contributed by atoms with Crippen molar-refractivity contribution in [2.75, 3.05) is 6.61 Å². The fraction of sp³-hybridized carbons (Fsp3) is 0.364. The highest BCUT2D eigenvalue weighted by molar-refractivity contribution is 9.09. The third-order valence-electron chi connectivity index (χ3n) is 1.95. The first-order valence-corrected chi connectivity index (χ1v) is 6.03. The lowest BCUT2D eigenvalue weighted by molar-refractivity contribution is -0.116. The van der Waals surface area contributed by atoms with Gasteiger partial charge in [0.1, 0.15) is 16.4 Å². The second-order valence-electron chi connectivity index (χ2n) is 3.10. The minimum absolute atomic E-state index is 0.0393. The first-order valence-electron chi connectivity index (χ1n) is 4.67. The maximum Gasteiger partial charge on any atom is 0.148 e. The lowest BCUT2D eigenvalue weighted by Crippen LogP contribution is -2.05. The van der Waals surface area contributed by atoms with Gasteiger partial charge in [-0.15, -0.1) is 12.6 Å². The van der Waals surface area contributed by atoms with Gasteiger partial charge >= 0.3 is 0 Å². The molecule has 1 aromatic carbocycles. The Morgan fingerprint density at radius 1 is 1.60 bits per heavy atom. The van der Waals surface area contributed by atoms with Gasteiger partial charge in [-0.05, 0) is 26.0 Å². The molecule has 1 atom stereocenters. The molecule has 0 radical (unpaired) electrons. The van der Waals surface area contributed by atoms with Gasteiger partial charge in [-0.3, -0.25) is 4.79 Å². The van der Waals surface area contributed by atoms with Crippen LogP contribution in [0.25, 0.3) is 0 Å². The minimum Gasteiger partial charge on any atom is -0.493 e. The predicted octanol–water partition coefficient (Wildman–Crippen LogP) is 3.40. The second-order valence-corrected chi connectivity index (χ2v) is 4.49. The van der Waals surface area contributed by atoms with Crippen LogP contribution in [-0.4, -0.2) is 12.4 Å². The molecular formula is C11H13BrO2S. The van der Waals surface area contributed by atoms with Gasteiger partial charge in [0.15, 0.2) is 0 Å². The molecule has 0 saturated carbocycles. The van der Waals surface area contributed by atoms with Crippen molar-refractivity contribution in [2.45, 2.75) is 23.6 Å². The van der Waals surface area contributed by atoms with Gasteiger partial charge in [-0.2, -0.15) is 0 Å². The van der Waals surface area contributed by atoms with Gasteiger partial charge in [0.25, 0.3) is 0 Å². The van der Waals surface area contributed by atoms with Crippen LogP contribution in [0.5, 0.6) is 5.75 Å². The lowest BCUT2D eigenvalue weighted by atomic mass is 10.1. The van der Waals surface area contributed by atoms with Gasteiger partial charge in [-0.25, -0.2) is 0 Å². The van der Waals surface area contributed by atoms with Crippen molar-refractivity contribution in [2.24, 2.45) is 0 Å². The maximum atomic E-state index is 11.3. The molecule has 1 rings (SSSR count). The van der Waals surface area contributed by atoms with E-state index in [-0.39, 0.29) is 10.6 Å². The van der Waals surface area contributed by atoms with Crippen molar-refractivity contribution in [3.63, 3.8) is 0 Å². The Labute approximate surface area is 104 Å². The van der Waals surface area contributed by atoms with E-state index in [0.29, 0.717) is 12.4 Å². The zero-order valence-corrected chi connectivity index (χ0v) is 11.1. The summed E-state index contributed by atoms with van der Waals surface area (Å²) in [6.45, 7) is 4.02. The Morgan fingerprint density at radius 3 is 2.80 bits per heavy atom. The van der Waals surface area contributed by atoms with Crippen LogP contribution in [-0.2, 0) is 4.79 Å². The zero-order valence-electron chi connectivity index (χ0n) is 8.66. The molecule has 0 aromatic heterocycles. The molecule has 0 aliphatic carbocycles. The highest BCUT2D eigenvalue weighted by Gasteiger charge is 2.19. The fourth-order valence-corrected chi connectivity index (χ4v) is 2.25. The number of ether oxygens (including phenoxy) is 1. The molecule has 0 saturated heterocycles. The number of ketones is 1. The fourth-order valence-electron chi connectivity index (χ4n) is 1.27. The van der Waals surface area contributed by atoms with E-state index >= 15 is 0 Å². The molecular weight excluding hydrogens is 276 g/mol. The molecule has 0 N–H and O–H groups in total. The molecule has 0 bridgehead atoms. The Balaban J connectivity index is 3.17. The van der Waals surface area contributed by atoms with E-state index in [1.54, 1.807) is 0 Å². The number of benzene rings is 1. The Hall–Kier alpha value is -0.480. The predicted molar refractivity (Wildman–Crippen MR) is 67.2 cm³/mol. The normalized spacial score (nSPS) is 12.3. The van der Waals surface area contributed by atoms with Crippen LogP contribution in [0, 0.1) is 0 Å². The van der Waals surface area contributed by atoms with Crippen LogP contribution in [0.15, 0.2) is 23.1 Å². The van der Waals surface area contributed by atoms with Gasteiger partial charge < -0.3 is 4.74 Å². The molecule has 0 amide bonds. The molecule has 4 heteroatoms. The topological polar surface area (TPSA) is 26.3 Å². The van der Waals surface area contributed by atoms with Crippen LogP contribution < -0.4 is 4.74 Å². The molecule has 82 valence electrons. The largest absolute Gasteiger partial charge is 0.493 e. The number of halogens is 1. The summed E-state index contributed by atoms with van der Waals surface area (Å²) in [5.74, 6) is 0.750. The van der Waals surface area contributed by atoms with E-state index in [1.165, 1.54) is 6.92 Å². The summed E-state index contributed by atoms with van der Waals surface area (Å²) in [6.07, 6.45) is 0. The van der Waals surface area contributed by atoms with E-state index in [0.717, 1.165) is 10.5 Å². The number of hydrogen-bond donors (Lipinski definition) is 1. The summed E-state index contributed by atoms with van der Waals surface area (Å²) in [6, 6.07) is 5.55. The second kappa shape index (κ2) is 5.56. The van der Waals surface area contributed by atoms with Crippen LogP contribution >= 0.6 is 28.6 Å². The van der Waals surface area contributed by atoms with Crippen molar-refractivity contribution >= 4 is 34.3 Å². The lowest BCUT2D eigenvalue weighted by Gasteiger charge is -2.15. The Kier molecular flexibility index (Phi) is 4.67. The summed E-state index contributed by atoms with van der Waals surface area (Å²) in [4.78, 5) is 11.7. The molecule has 15 heavy (non-hydrogen) atoms. The molecule has 2 nitrogen and oxygen atoms in total.